The van der Waals surface area contributed by atoms with Crippen LogP contribution < -0.4 is 4.72 Å². The van der Waals surface area contributed by atoms with Crippen LogP contribution in [-0.4, -0.2) is 19.5 Å². The predicted molar refractivity (Wildman–Crippen MR) is 75.4 cm³/mol. The number of sulfonamides is 1. The molecule has 0 unspecified atom stereocenters. The molecular formula is C14H10N2O4S. The minimum Gasteiger partial charge on any atom is -0.478 e. The Morgan fingerprint density at radius 1 is 1.14 bits per heavy atom. The molecule has 0 radical (unpaired) electrons. The van der Waals surface area contributed by atoms with E-state index in [1.807, 2.05) is 6.07 Å². The van der Waals surface area contributed by atoms with Crippen molar-refractivity contribution in [2.75, 3.05) is 4.72 Å². The largest absolute Gasteiger partial charge is 0.478 e. The zero-order valence-corrected chi connectivity index (χ0v) is 11.5. The summed E-state index contributed by atoms with van der Waals surface area (Å²) < 4.78 is 26.6. The first-order chi connectivity index (χ1) is 9.92. The molecule has 7 heteroatoms. The summed E-state index contributed by atoms with van der Waals surface area (Å²) in [6.45, 7) is 0. The lowest BCUT2D eigenvalue weighted by atomic mass is 10.2. The van der Waals surface area contributed by atoms with Gasteiger partial charge in [-0.1, -0.05) is 6.07 Å². The van der Waals surface area contributed by atoms with Gasteiger partial charge in [-0.3, -0.25) is 4.72 Å². The minimum atomic E-state index is -3.83. The van der Waals surface area contributed by atoms with Gasteiger partial charge in [0.25, 0.3) is 10.0 Å². The molecular weight excluding hydrogens is 292 g/mol. The minimum absolute atomic E-state index is 0.0381. The molecule has 0 atom stereocenters. The van der Waals surface area contributed by atoms with Crippen molar-refractivity contribution in [1.29, 1.82) is 5.26 Å². The molecule has 0 spiro atoms. The summed E-state index contributed by atoms with van der Waals surface area (Å²) in [7, 11) is -3.83. The molecule has 2 N–H and O–H groups in total. The van der Waals surface area contributed by atoms with E-state index >= 15 is 0 Å². The van der Waals surface area contributed by atoms with E-state index < -0.39 is 16.0 Å². The highest BCUT2D eigenvalue weighted by atomic mass is 32.2. The summed E-state index contributed by atoms with van der Waals surface area (Å²) >= 11 is 0. The Hall–Kier alpha value is -2.85. The Morgan fingerprint density at radius 2 is 1.81 bits per heavy atom. The third-order valence-electron chi connectivity index (χ3n) is 2.66. The summed E-state index contributed by atoms with van der Waals surface area (Å²) in [6, 6.07) is 12.8. The fourth-order valence-corrected chi connectivity index (χ4v) is 2.73. The second-order valence-electron chi connectivity index (χ2n) is 4.13. The van der Waals surface area contributed by atoms with Gasteiger partial charge in [0.1, 0.15) is 0 Å². The number of hydrogen-bond acceptors (Lipinski definition) is 4. The van der Waals surface area contributed by atoms with Crippen molar-refractivity contribution in [1.82, 2.24) is 0 Å². The number of nitrogens with zero attached hydrogens (tertiary/aromatic N) is 1. The van der Waals surface area contributed by atoms with Gasteiger partial charge in [-0.25, -0.2) is 13.2 Å². The van der Waals surface area contributed by atoms with Gasteiger partial charge in [0.2, 0.25) is 0 Å². The van der Waals surface area contributed by atoms with Crippen LogP contribution in [0, 0.1) is 11.3 Å². The third-order valence-corrected chi connectivity index (χ3v) is 4.04. The van der Waals surface area contributed by atoms with Gasteiger partial charge in [0.15, 0.2) is 0 Å². The summed E-state index contributed by atoms with van der Waals surface area (Å²) in [6.07, 6.45) is 0. The van der Waals surface area contributed by atoms with Crippen LogP contribution in [-0.2, 0) is 10.0 Å². The topological polar surface area (TPSA) is 107 Å². The molecule has 0 fully saturated rings. The summed E-state index contributed by atoms with van der Waals surface area (Å²) in [5.74, 6) is -1.09. The summed E-state index contributed by atoms with van der Waals surface area (Å²) in [4.78, 5) is 10.7. The van der Waals surface area contributed by atoms with E-state index in [2.05, 4.69) is 4.72 Å². The molecule has 6 nitrogen and oxygen atoms in total. The predicted octanol–water partition coefficient (Wildman–Crippen LogP) is 2.06. The van der Waals surface area contributed by atoms with Crippen LogP contribution in [0.3, 0.4) is 0 Å². The van der Waals surface area contributed by atoms with Gasteiger partial charge in [-0.05, 0) is 42.5 Å². The number of aromatic carboxylic acids is 1. The molecule has 0 heterocycles. The highest BCUT2D eigenvalue weighted by molar-refractivity contribution is 7.92. The second-order valence-corrected chi connectivity index (χ2v) is 5.81. The van der Waals surface area contributed by atoms with Gasteiger partial charge < -0.3 is 5.11 Å². The number of anilines is 1. The average Bonchev–Trinajstić information content (AvgIpc) is 2.47. The van der Waals surface area contributed by atoms with Crippen LogP contribution >= 0.6 is 0 Å². The van der Waals surface area contributed by atoms with Crippen LogP contribution in [0.1, 0.15) is 15.9 Å². The van der Waals surface area contributed by atoms with Gasteiger partial charge in [-0.2, -0.15) is 5.26 Å². The molecule has 0 aliphatic carbocycles. The van der Waals surface area contributed by atoms with Crippen LogP contribution in [0.4, 0.5) is 5.69 Å². The maximum absolute atomic E-state index is 12.2. The third kappa shape index (κ3) is 3.38. The lowest BCUT2D eigenvalue weighted by Gasteiger charge is -2.08. The zero-order chi connectivity index (χ0) is 15.5. The van der Waals surface area contributed by atoms with E-state index in [4.69, 9.17) is 10.4 Å². The van der Waals surface area contributed by atoms with Crippen molar-refractivity contribution in [2.45, 2.75) is 4.90 Å². The smallest absolute Gasteiger partial charge is 0.335 e. The van der Waals surface area contributed by atoms with Crippen LogP contribution in [0.25, 0.3) is 0 Å². The van der Waals surface area contributed by atoms with Crippen molar-refractivity contribution in [3.63, 3.8) is 0 Å². The van der Waals surface area contributed by atoms with Crippen molar-refractivity contribution in [3.8, 4) is 6.07 Å². The lowest BCUT2D eigenvalue weighted by Crippen LogP contribution is -2.13. The zero-order valence-electron chi connectivity index (χ0n) is 10.6. The van der Waals surface area contributed by atoms with Gasteiger partial charge in [0, 0.05) is 5.69 Å². The number of nitriles is 1. The first-order valence-corrected chi connectivity index (χ1v) is 7.27. The number of carbonyl (C=O) groups is 1. The van der Waals surface area contributed by atoms with E-state index in [9.17, 15) is 13.2 Å². The van der Waals surface area contributed by atoms with Crippen molar-refractivity contribution >= 4 is 21.7 Å². The molecule has 0 aromatic heterocycles. The fraction of sp³-hybridized carbons (Fsp3) is 0. The van der Waals surface area contributed by atoms with E-state index in [1.165, 1.54) is 48.5 Å². The Morgan fingerprint density at radius 3 is 2.38 bits per heavy atom. The molecule has 21 heavy (non-hydrogen) atoms. The molecule has 2 aromatic carbocycles. The monoisotopic (exact) mass is 302 g/mol. The van der Waals surface area contributed by atoms with Crippen molar-refractivity contribution < 1.29 is 18.3 Å². The number of hydrogen-bond donors (Lipinski definition) is 2. The normalized spacial score (nSPS) is 10.6. The number of carboxylic acids is 1. The SMILES string of the molecule is N#Cc1cccc(S(=O)(=O)Nc2ccc(C(=O)O)cc2)c1. The Kier molecular flexibility index (Phi) is 3.91. The molecule has 0 saturated carbocycles. The highest BCUT2D eigenvalue weighted by Crippen LogP contribution is 2.17. The lowest BCUT2D eigenvalue weighted by molar-refractivity contribution is 0.0697. The number of nitrogens with one attached hydrogen (secondary N) is 1. The molecule has 0 amide bonds. The Balaban J connectivity index is 2.28. The van der Waals surface area contributed by atoms with E-state index in [-0.39, 0.29) is 21.7 Å². The second kappa shape index (κ2) is 5.64. The molecule has 0 saturated heterocycles. The summed E-state index contributed by atoms with van der Waals surface area (Å²) in [5.41, 5.74) is 0.533. The highest BCUT2D eigenvalue weighted by Gasteiger charge is 2.15. The van der Waals surface area contributed by atoms with Crippen LogP contribution in [0.2, 0.25) is 0 Å². The number of benzene rings is 2. The van der Waals surface area contributed by atoms with Crippen LogP contribution in [0.5, 0.6) is 0 Å². The maximum Gasteiger partial charge on any atom is 0.335 e. The van der Waals surface area contributed by atoms with Crippen molar-refractivity contribution in [3.05, 3.63) is 59.7 Å². The maximum atomic E-state index is 12.2. The Bertz CT molecular complexity index is 821. The summed E-state index contributed by atoms with van der Waals surface area (Å²) in [5, 5.41) is 17.6. The number of rotatable bonds is 4. The Labute approximate surface area is 121 Å². The van der Waals surface area contributed by atoms with Crippen LogP contribution in [0.15, 0.2) is 53.4 Å². The quantitative estimate of drug-likeness (QED) is 0.898. The molecule has 2 aromatic rings. The molecule has 0 aliphatic rings. The standard InChI is InChI=1S/C14H10N2O4S/c15-9-10-2-1-3-13(8-10)21(19,20)16-12-6-4-11(5-7-12)14(17)18/h1-8,16H,(H,17,18). The molecule has 0 aliphatic heterocycles. The first kappa shape index (κ1) is 14.6. The van der Waals surface area contributed by atoms with Gasteiger partial charge in [-0.15, -0.1) is 0 Å². The first-order valence-electron chi connectivity index (χ1n) is 5.79. The number of carboxylic acid groups (broad SMARTS) is 1. The van der Waals surface area contributed by atoms with Gasteiger partial charge >= 0.3 is 5.97 Å². The average molecular weight is 302 g/mol. The molecule has 0 bridgehead atoms. The van der Waals surface area contributed by atoms with Gasteiger partial charge in [0.05, 0.1) is 22.1 Å². The fourth-order valence-electron chi connectivity index (χ4n) is 1.63. The van der Waals surface area contributed by atoms with Crippen molar-refractivity contribution in [2.24, 2.45) is 0 Å². The van der Waals surface area contributed by atoms with E-state index in [1.54, 1.807) is 0 Å². The van der Waals surface area contributed by atoms with E-state index in [0.29, 0.717) is 0 Å². The molecule has 2 rings (SSSR count). The van der Waals surface area contributed by atoms with E-state index in [0.717, 1.165) is 0 Å². The molecule has 106 valence electrons.